The summed E-state index contributed by atoms with van der Waals surface area (Å²) in [4.78, 5) is 15.7. The third-order valence-electron chi connectivity index (χ3n) is 3.41. The Bertz CT molecular complexity index is 671. The molecule has 1 heterocycles. The highest BCUT2D eigenvalue weighted by atomic mass is 16.3. The normalized spacial score (nSPS) is 13.7. The van der Waals surface area contributed by atoms with E-state index in [0.29, 0.717) is 12.0 Å². The molecule has 1 aromatic carbocycles. The summed E-state index contributed by atoms with van der Waals surface area (Å²) in [6, 6.07) is 10.7. The van der Waals surface area contributed by atoms with Gasteiger partial charge in [0.25, 0.3) is 0 Å². The smallest absolute Gasteiger partial charge is 0.244 e. The minimum absolute atomic E-state index is 0.0409. The van der Waals surface area contributed by atoms with Gasteiger partial charge in [0.1, 0.15) is 5.75 Å². The molecule has 5 heteroatoms. The number of carbonyl (C=O) groups excluding carboxylic acids is 1. The van der Waals surface area contributed by atoms with Crippen molar-refractivity contribution in [3.63, 3.8) is 0 Å². The van der Waals surface area contributed by atoms with Gasteiger partial charge >= 0.3 is 0 Å². The van der Waals surface area contributed by atoms with E-state index in [4.69, 9.17) is 0 Å². The molecule has 23 heavy (non-hydrogen) atoms. The standard InChI is InChI=1S/C18H20N2O3/c1-13(17(22)10-14-5-3-2-4-6-14)20-18(23)8-7-15-9-16(21)12-19-11-15/h2-9,11-13,17,21-22H,10H2,1H3,(H,20,23)/b8-7+. The molecule has 0 saturated carbocycles. The fourth-order valence-electron chi connectivity index (χ4n) is 2.11. The van der Waals surface area contributed by atoms with Gasteiger partial charge in [-0.3, -0.25) is 9.78 Å². The molecule has 120 valence electrons. The summed E-state index contributed by atoms with van der Waals surface area (Å²) in [6.45, 7) is 1.76. The number of aliphatic hydroxyl groups is 1. The van der Waals surface area contributed by atoms with Crippen molar-refractivity contribution in [2.45, 2.75) is 25.5 Å². The molecule has 0 bridgehead atoms. The van der Waals surface area contributed by atoms with Crippen LogP contribution in [0.3, 0.4) is 0 Å². The molecule has 0 aliphatic rings. The van der Waals surface area contributed by atoms with Crippen LogP contribution in [0.25, 0.3) is 6.08 Å². The van der Waals surface area contributed by atoms with Crippen LogP contribution in [-0.2, 0) is 11.2 Å². The fourth-order valence-corrected chi connectivity index (χ4v) is 2.11. The van der Waals surface area contributed by atoms with Crippen LogP contribution in [0.4, 0.5) is 0 Å². The van der Waals surface area contributed by atoms with E-state index < -0.39 is 6.10 Å². The van der Waals surface area contributed by atoms with Gasteiger partial charge in [-0.05, 0) is 30.2 Å². The second-order valence-electron chi connectivity index (χ2n) is 5.36. The van der Waals surface area contributed by atoms with Crippen molar-refractivity contribution in [1.29, 1.82) is 0 Å². The summed E-state index contributed by atoms with van der Waals surface area (Å²) < 4.78 is 0. The Morgan fingerprint density at radius 2 is 2.04 bits per heavy atom. The van der Waals surface area contributed by atoms with Gasteiger partial charge < -0.3 is 15.5 Å². The zero-order valence-electron chi connectivity index (χ0n) is 12.9. The summed E-state index contributed by atoms with van der Waals surface area (Å²) in [5, 5.41) is 22.2. The monoisotopic (exact) mass is 312 g/mol. The van der Waals surface area contributed by atoms with Gasteiger partial charge in [-0.25, -0.2) is 0 Å². The van der Waals surface area contributed by atoms with Crippen LogP contribution >= 0.6 is 0 Å². The van der Waals surface area contributed by atoms with Crippen molar-refractivity contribution in [3.05, 3.63) is 66.0 Å². The maximum atomic E-state index is 11.9. The molecular weight excluding hydrogens is 292 g/mol. The van der Waals surface area contributed by atoms with Gasteiger partial charge in [0.15, 0.2) is 0 Å². The highest BCUT2D eigenvalue weighted by Crippen LogP contribution is 2.10. The van der Waals surface area contributed by atoms with Gasteiger partial charge in [0, 0.05) is 18.7 Å². The van der Waals surface area contributed by atoms with E-state index in [2.05, 4.69) is 10.3 Å². The number of hydrogen-bond acceptors (Lipinski definition) is 4. The van der Waals surface area contributed by atoms with Gasteiger partial charge in [-0.2, -0.15) is 0 Å². The summed E-state index contributed by atoms with van der Waals surface area (Å²) in [6.07, 6.45) is 5.57. The Morgan fingerprint density at radius 3 is 2.74 bits per heavy atom. The van der Waals surface area contributed by atoms with Crippen molar-refractivity contribution in [2.75, 3.05) is 0 Å². The highest BCUT2D eigenvalue weighted by Gasteiger charge is 2.15. The van der Waals surface area contributed by atoms with Crippen molar-refractivity contribution in [3.8, 4) is 5.75 Å². The Labute approximate surface area is 135 Å². The third kappa shape index (κ3) is 5.56. The van der Waals surface area contributed by atoms with E-state index >= 15 is 0 Å². The Kier molecular flexibility index (Phi) is 5.88. The largest absolute Gasteiger partial charge is 0.506 e. The number of benzene rings is 1. The summed E-state index contributed by atoms with van der Waals surface area (Å²) in [5.41, 5.74) is 1.64. The van der Waals surface area contributed by atoms with Crippen LogP contribution < -0.4 is 5.32 Å². The molecule has 0 aliphatic carbocycles. The van der Waals surface area contributed by atoms with E-state index in [1.165, 1.54) is 24.5 Å². The molecule has 0 spiro atoms. The first-order valence-electron chi connectivity index (χ1n) is 7.39. The Hall–Kier alpha value is -2.66. The van der Waals surface area contributed by atoms with Crippen LogP contribution in [0, 0.1) is 0 Å². The van der Waals surface area contributed by atoms with Gasteiger partial charge in [0.2, 0.25) is 5.91 Å². The number of amides is 1. The zero-order chi connectivity index (χ0) is 16.7. The number of pyridine rings is 1. The number of nitrogens with one attached hydrogen (secondary N) is 1. The SMILES string of the molecule is CC(NC(=O)/C=C/c1cncc(O)c1)C(O)Cc1ccccc1. The Balaban J connectivity index is 1.86. The lowest BCUT2D eigenvalue weighted by atomic mass is 10.0. The van der Waals surface area contributed by atoms with E-state index in [0.717, 1.165) is 5.56 Å². The fraction of sp³-hybridized carbons (Fsp3) is 0.222. The molecular formula is C18H20N2O3. The highest BCUT2D eigenvalue weighted by molar-refractivity contribution is 5.91. The number of aliphatic hydroxyl groups excluding tert-OH is 1. The minimum Gasteiger partial charge on any atom is -0.506 e. The van der Waals surface area contributed by atoms with Crippen LogP contribution in [0.2, 0.25) is 0 Å². The van der Waals surface area contributed by atoms with E-state index in [-0.39, 0.29) is 17.7 Å². The quantitative estimate of drug-likeness (QED) is 0.712. The lowest BCUT2D eigenvalue weighted by Gasteiger charge is -2.19. The number of nitrogens with zero attached hydrogens (tertiary/aromatic N) is 1. The number of rotatable bonds is 6. The van der Waals surface area contributed by atoms with E-state index in [1.807, 2.05) is 30.3 Å². The average molecular weight is 312 g/mol. The van der Waals surface area contributed by atoms with Crippen LogP contribution in [0.1, 0.15) is 18.1 Å². The predicted octanol–water partition coefficient (Wildman–Crippen LogP) is 1.91. The molecule has 0 radical (unpaired) electrons. The van der Waals surface area contributed by atoms with Crippen LogP contribution in [0.5, 0.6) is 5.75 Å². The summed E-state index contributed by atoms with van der Waals surface area (Å²) in [5.74, 6) is -0.271. The summed E-state index contributed by atoms with van der Waals surface area (Å²) in [7, 11) is 0. The average Bonchev–Trinajstić information content (AvgIpc) is 2.54. The molecule has 0 fully saturated rings. The van der Waals surface area contributed by atoms with Gasteiger partial charge in [0.05, 0.1) is 18.3 Å². The zero-order valence-corrected chi connectivity index (χ0v) is 12.9. The first-order valence-corrected chi connectivity index (χ1v) is 7.39. The first-order chi connectivity index (χ1) is 11.0. The molecule has 3 N–H and O–H groups in total. The van der Waals surface area contributed by atoms with Crippen molar-refractivity contribution in [2.24, 2.45) is 0 Å². The maximum Gasteiger partial charge on any atom is 0.244 e. The van der Waals surface area contributed by atoms with Crippen LogP contribution in [-0.4, -0.2) is 33.3 Å². The lowest BCUT2D eigenvalue weighted by molar-refractivity contribution is -0.117. The molecule has 2 rings (SSSR count). The number of carbonyl (C=O) groups is 1. The first kappa shape index (κ1) is 16.7. The minimum atomic E-state index is -0.669. The number of aromatic nitrogens is 1. The Morgan fingerprint density at radius 1 is 1.30 bits per heavy atom. The second kappa shape index (κ2) is 8.10. The molecule has 0 aliphatic heterocycles. The molecule has 1 amide bonds. The van der Waals surface area contributed by atoms with E-state index in [1.54, 1.807) is 13.0 Å². The molecule has 5 nitrogen and oxygen atoms in total. The maximum absolute atomic E-state index is 11.9. The summed E-state index contributed by atoms with van der Waals surface area (Å²) >= 11 is 0. The van der Waals surface area contributed by atoms with Crippen molar-refractivity contribution < 1.29 is 15.0 Å². The number of aromatic hydroxyl groups is 1. The topological polar surface area (TPSA) is 82.5 Å². The van der Waals surface area contributed by atoms with Crippen molar-refractivity contribution >= 4 is 12.0 Å². The predicted molar refractivity (Wildman–Crippen MR) is 88.7 cm³/mol. The van der Waals surface area contributed by atoms with Gasteiger partial charge in [-0.1, -0.05) is 30.3 Å². The second-order valence-corrected chi connectivity index (χ2v) is 5.36. The molecule has 0 saturated heterocycles. The lowest BCUT2D eigenvalue weighted by Crippen LogP contribution is -2.41. The third-order valence-corrected chi connectivity index (χ3v) is 3.41. The van der Waals surface area contributed by atoms with E-state index in [9.17, 15) is 15.0 Å². The molecule has 2 unspecified atom stereocenters. The van der Waals surface area contributed by atoms with Crippen LogP contribution in [0.15, 0.2) is 54.9 Å². The molecule has 2 aromatic rings. The van der Waals surface area contributed by atoms with Gasteiger partial charge in [-0.15, -0.1) is 0 Å². The number of hydrogen-bond donors (Lipinski definition) is 3. The van der Waals surface area contributed by atoms with Crippen molar-refractivity contribution in [1.82, 2.24) is 10.3 Å². The molecule has 1 aromatic heterocycles. The molecule has 2 atom stereocenters.